The number of amides is 1. The zero-order valence-electron chi connectivity index (χ0n) is 19.1. The molecule has 0 aromatic heterocycles. The molecule has 0 bridgehead atoms. The summed E-state index contributed by atoms with van der Waals surface area (Å²) in [7, 11) is 1.50. The number of nitriles is 1. The van der Waals surface area contributed by atoms with Crippen molar-refractivity contribution in [3.05, 3.63) is 89.0 Å². The van der Waals surface area contributed by atoms with Gasteiger partial charge in [0, 0.05) is 5.56 Å². The summed E-state index contributed by atoms with van der Waals surface area (Å²) in [6.45, 7) is 1.99. The lowest BCUT2D eigenvalue weighted by atomic mass is 10.1. The average molecular weight is 470 g/mol. The largest absolute Gasteiger partial charge is 0.495 e. The fraction of sp³-hybridized carbons (Fsp3) is 0.148. The Labute approximate surface area is 202 Å². The minimum absolute atomic E-state index is 0.106. The molecular weight excluding hydrogens is 448 g/mol. The maximum absolute atomic E-state index is 13.2. The van der Waals surface area contributed by atoms with Gasteiger partial charge in [0.25, 0.3) is 5.91 Å². The van der Waals surface area contributed by atoms with E-state index in [0.29, 0.717) is 34.1 Å². The van der Waals surface area contributed by atoms with Crippen LogP contribution in [0.5, 0.6) is 17.2 Å². The van der Waals surface area contributed by atoms with Crippen molar-refractivity contribution in [1.82, 2.24) is 0 Å². The Morgan fingerprint density at radius 1 is 1.06 bits per heavy atom. The Kier molecular flexibility index (Phi) is 6.98. The number of benzene rings is 3. The lowest BCUT2D eigenvalue weighted by molar-refractivity contribution is -0.150. The number of methoxy groups -OCH3 is 1. The third-order valence-corrected chi connectivity index (χ3v) is 5.23. The summed E-state index contributed by atoms with van der Waals surface area (Å²) in [6.07, 6.45) is 0.0656. The number of aryl methyl sites for hydroxylation is 1. The minimum atomic E-state index is -1.30. The van der Waals surface area contributed by atoms with Crippen LogP contribution in [0, 0.1) is 18.3 Å². The topological polar surface area (TPSA) is 107 Å². The van der Waals surface area contributed by atoms with Crippen molar-refractivity contribution in [1.29, 1.82) is 5.26 Å². The highest BCUT2D eigenvalue weighted by atomic mass is 16.7. The third kappa shape index (κ3) is 5.42. The summed E-state index contributed by atoms with van der Waals surface area (Å²) in [5.41, 5.74) is 2.07. The van der Waals surface area contributed by atoms with Gasteiger partial charge in [0.15, 0.2) is 11.5 Å². The van der Waals surface area contributed by atoms with Gasteiger partial charge in [0.05, 0.1) is 12.8 Å². The first-order valence-corrected chi connectivity index (χ1v) is 10.7. The molecule has 1 unspecified atom stereocenters. The summed E-state index contributed by atoms with van der Waals surface area (Å²) < 4.78 is 21.5. The normalized spacial score (nSPS) is 12.9. The van der Waals surface area contributed by atoms with Crippen molar-refractivity contribution in [3.63, 3.8) is 0 Å². The first-order valence-electron chi connectivity index (χ1n) is 10.7. The minimum Gasteiger partial charge on any atom is -0.495 e. The van der Waals surface area contributed by atoms with Crippen LogP contribution in [-0.4, -0.2) is 25.8 Å². The molecule has 0 saturated carbocycles. The Morgan fingerprint density at radius 3 is 2.57 bits per heavy atom. The molecule has 8 heteroatoms. The van der Waals surface area contributed by atoms with Crippen molar-refractivity contribution < 1.29 is 28.5 Å². The van der Waals surface area contributed by atoms with Gasteiger partial charge in [-0.2, -0.15) is 5.26 Å². The molecule has 0 radical (unpaired) electrons. The maximum atomic E-state index is 13.2. The van der Waals surface area contributed by atoms with Gasteiger partial charge < -0.3 is 24.3 Å². The number of nitrogens with zero attached hydrogens (tertiary/aromatic N) is 1. The van der Waals surface area contributed by atoms with E-state index in [1.54, 1.807) is 60.7 Å². The van der Waals surface area contributed by atoms with E-state index in [9.17, 15) is 14.9 Å². The first-order chi connectivity index (χ1) is 17.0. The van der Waals surface area contributed by atoms with Crippen molar-refractivity contribution in [2.45, 2.75) is 13.0 Å². The van der Waals surface area contributed by atoms with Gasteiger partial charge in [-0.05, 0) is 48.4 Å². The number of carbonyl (C=O) groups excluding carboxylic acids is 2. The predicted octanol–water partition coefficient (Wildman–Crippen LogP) is 4.56. The second-order valence-electron chi connectivity index (χ2n) is 7.67. The van der Waals surface area contributed by atoms with Crippen molar-refractivity contribution in [2.75, 3.05) is 19.2 Å². The molecule has 0 aliphatic carbocycles. The lowest BCUT2D eigenvalue weighted by Gasteiger charge is -2.19. The van der Waals surface area contributed by atoms with E-state index in [1.165, 1.54) is 13.2 Å². The van der Waals surface area contributed by atoms with E-state index in [0.717, 1.165) is 5.56 Å². The Bertz CT molecular complexity index is 1330. The highest BCUT2D eigenvalue weighted by Crippen LogP contribution is 2.33. The number of esters is 1. The SMILES string of the molecule is COc1ccc(C)cc1NC(=O)C(OC(=O)C(C#N)=Cc1ccc2c(c1)OCO2)c1ccccc1. The zero-order valence-corrected chi connectivity index (χ0v) is 19.1. The van der Waals surface area contributed by atoms with Crippen molar-refractivity contribution in [3.8, 4) is 23.3 Å². The van der Waals surface area contributed by atoms with E-state index in [1.807, 2.05) is 19.1 Å². The molecule has 4 rings (SSSR count). The number of anilines is 1. The van der Waals surface area contributed by atoms with Crippen LogP contribution in [0.15, 0.2) is 72.3 Å². The molecule has 3 aromatic carbocycles. The third-order valence-electron chi connectivity index (χ3n) is 5.23. The Hall–Kier alpha value is -4.77. The van der Waals surface area contributed by atoms with Crippen LogP contribution in [0.1, 0.15) is 22.8 Å². The highest BCUT2D eigenvalue weighted by Gasteiger charge is 2.27. The quantitative estimate of drug-likeness (QED) is 0.306. The van der Waals surface area contributed by atoms with Gasteiger partial charge in [-0.1, -0.05) is 42.5 Å². The summed E-state index contributed by atoms with van der Waals surface area (Å²) >= 11 is 0. The summed E-state index contributed by atoms with van der Waals surface area (Å²) in [4.78, 5) is 26.2. The molecule has 1 aliphatic rings. The average Bonchev–Trinajstić information content (AvgIpc) is 3.34. The Morgan fingerprint density at radius 2 is 1.83 bits per heavy atom. The number of carbonyl (C=O) groups is 2. The van der Waals surface area contributed by atoms with Gasteiger partial charge in [0.1, 0.15) is 17.4 Å². The van der Waals surface area contributed by atoms with Gasteiger partial charge in [-0.3, -0.25) is 4.79 Å². The number of hydrogen-bond acceptors (Lipinski definition) is 7. The van der Waals surface area contributed by atoms with Crippen LogP contribution in [0.3, 0.4) is 0 Å². The molecule has 1 N–H and O–H groups in total. The fourth-order valence-electron chi connectivity index (χ4n) is 3.50. The molecule has 176 valence electrons. The van der Waals surface area contributed by atoms with Gasteiger partial charge in [-0.25, -0.2) is 4.79 Å². The molecule has 0 spiro atoms. The fourth-order valence-corrected chi connectivity index (χ4v) is 3.50. The lowest BCUT2D eigenvalue weighted by Crippen LogP contribution is -2.26. The van der Waals surface area contributed by atoms with E-state index in [-0.39, 0.29) is 12.4 Å². The number of ether oxygens (including phenoxy) is 4. The van der Waals surface area contributed by atoms with Crippen molar-refractivity contribution >= 4 is 23.6 Å². The number of nitrogens with one attached hydrogen (secondary N) is 1. The van der Waals surface area contributed by atoms with E-state index in [4.69, 9.17) is 18.9 Å². The van der Waals surface area contributed by atoms with Gasteiger partial charge >= 0.3 is 5.97 Å². The second-order valence-corrected chi connectivity index (χ2v) is 7.67. The summed E-state index contributed by atoms with van der Waals surface area (Å²) in [5, 5.41) is 12.4. The molecule has 0 saturated heterocycles. The van der Waals surface area contributed by atoms with Gasteiger partial charge in [-0.15, -0.1) is 0 Å². The van der Waals surface area contributed by atoms with E-state index < -0.39 is 18.0 Å². The molecule has 35 heavy (non-hydrogen) atoms. The predicted molar refractivity (Wildman–Crippen MR) is 128 cm³/mol. The zero-order chi connectivity index (χ0) is 24.8. The number of hydrogen-bond donors (Lipinski definition) is 1. The standard InChI is InChI=1S/C27H22N2O6/c1-17-8-10-22(32-2)21(12-17)29-26(30)25(19-6-4-3-5-7-19)35-27(31)20(15-28)13-18-9-11-23-24(14-18)34-16-33-23/h3-14,25H,16H2,1-2H3,(H,29,30). The second kappa shape index (κ2) is 10.4. The molecule has 1 amide bonds. The van der Waals surface area contributed by atoms with Crippen LogP contribution >= 0.6 is 0 Å². The van der Waals surface area contributed by atoms with E-state index in [2.05, 4.69) is 5.32 Å². The number of fused-ring (bicyclic) bond motifs is 1. The first kappa shape index (κ1) is 23.4. The molecule has 1 aliphatic heterocycles. The maximum Gasteiger partial charge on any atom is 0.350 e. The van der Waals surface area contributed by atoms with E-state index >= 15 is 0 Å². The summed E-state index contributed by atoms with van der Waals surface area (Å²) in [5.74, 6) is 0.0235. The van der Waals surface area contributed by atoms with Gasteiger partial charge in [0.2, 0.25) is 12.9 Å². The monoisotopic (exact) mass is 470 g/mol. The molecular formula is C27H22N2O6. The Balaban J connectivity index is 1.60. The molecule has 8 nitrogen and oxygen atoms in total. The van der Waals surface area contributed by atoms with Crippen molar-refractivity contribution in [2.24, 2.45) is 0 Å². The van der Waals surface area contributed by atoms with Crippen LogP contribution in [0.2, 0.25) is 0 Å². The number of rotatable bonds is 7. The van der Waals surface area contributed by atoms with Crippen LogP contribution in [0.4, 0.5) is 5.69 Å². The molecule has 3 aromatic rings. The molecule has 0 fully saturated rings. The van der Waals surface area contributed by atoms with Crippen LogP contribution < -0.4 is 19.5 Å². The van der Waals surface area contributed by atoms with Crippen LogP contribution in [-0.2, 0) is 14.3 Å². The summed E-state index contributed by atoms with van der Waals surface area (Å²) in [6, 6.07) is 20.8. The molecule has 1 atom stereocenters. The molecule has 1 heterocycles. The van der Waals surface area contributed by atoms with Crippen LogP contribution in [0.25, 0.3) is 6.08 Å². The smallest absolute Gasteiger partial charge is 0.350 e. The highest BCUT2D eigenvalue weighted by molar-refractivity contribution is 6.02.